The van der Waals surface area contributed by atoms with Gasteiger partial charge in [0.05, 0.1) is 18.2 Å². The zero-order valence-corrected chi connectivity index (χ0v) is 16.1. The molecule has 7 nitrogen and oxygen atoms in total. The average molecular weight is 422 g/mol. The number of nitrogens with one attached hydrogen (secondary N) is 1. The van der Waals surface area contributed by atoms with Crippen LogP contribution in [0.25, 0.3) is 0 Å². The van der Waals surface area contributed by atoms with Crippen LogP contribution in [0.15, 0.2) is 49.1 Å². The molecule has 1 aromatic heterocycles. The first kappa shape index (κ1) is 20.7. The van der Waals surface area contributed by atoms with E-state index in [1.807, 2.05) is 0 Å². The normalized spacial score (nSPS) is 14.2. The van der Waals surface area contributed by atoms with Gasteiger partial charge < -0.3 is 16.2 Å². The van der Waals surface area contributed by atoms with Crippen LogP contribution in [0.4, 0.5) is 14.5 Å². The van der Waals surface area contributed by atoms with E-state index in [0.717, 1.165) is 12.1 Å². The Bertz CT molecular complexity index is 1030. The molecule has 3 aromatic rings. The number of amides is 1. The molecule has 1 heterocycles. The first-order valence-electron chi connectivity index (χ1n) is 8.57. The quantitative estimate of drug-likeness (QED) is 0.530. The first-order valence-corrected chi connectivity index (χ1v) is 8.94. The first-order chi connectivity index (χ1) is 13.7. The molecule has 0 aliphatic heterocycles. The molecule has 4 N–H and O–H groups in total. The van der Waals surface area contributed by atoms with E-state index in [9.17, 15) is 18.7 Å². The number of anilines is 1. The van der Waals surface area contributed by atoms with E-state index < -0.39 is 29.2 Å². The number of halogens is 3. The summed E-state index contributed by atoms with van der Waals surface area (Å²) >= 11 is 5.85. The van der Waals surface area contributed by atoms with Crippen molar-refractivity contribution in [1.29, 1.82) is 0 Å². The van der Waals surface area contributed by atoms with Crippen molar-refractivity contribution in [2.45, 2.75) is 25.1 Å². The monoisotopic (exact) mass is 421 g/mol. The number of benzene rings is 2. The van der Waals surface area contributed by atoms with Gasteiger partial charge in [-0.05, 0) is 31.2 Å². The second kappa shape index (κ2) is 8.14. The number of nitrogens with two attached hydrogens (primary N) is 1. The standard InChI is InChI=1S/C19H18ClF2N5O2/c1-11(26-18(28)14-4-2-12(20)6-17(14)23)19(29,8-27-10-24-9-25-27)15-5-3-13(21)7-16(15)22/h2-7,9-11,29H,8,23H2,1H3,(H,26,28)/t11?,19-/m1/s1. The molecule has 0 aliphatic carbocycles. The number of rotatable bonds is 6. The van der Waals surface area contributed by atoms with Crippen LogP contribution in [-0.4, -0.2) is 31.8 Å². The number of aromatic nitrogens is 3. The summed E-state index contributed by atoms with van der Waals surface area (Å²) in [6, 6.07) is 6.15. The fourth-order valence-corrected chi connectivity index (χ4v) is 3.17. The molecule has 29 heavy (non-hydrogen) atoms. The van der Waals surface area contributed by atoms with E-state index in [-0.39, 0.29) is 23.4 Å². The lowest BCUT2D eigenvalue weighted by Gasteiger charge is -2.35. The minimum atomic E-state index is -1.97. The number of hydrogen-bond acceptors (Lipinski definition) is 5. The summed E-state index contributed by atoms with van der Waals surface area (Å²) in [6.45, 7) is 1.25. The Hall–Kier alpha value is -3.04. The lowest BCUT2D eigenvalue weighted by Crippen LogP contribution is -2.52. The lowest BCUT2D eigenvalue weighted by molar-refractivity contribution is -0.0186. The van der Waals surface area contributed by atoms with Gasteiger partial charge in [0, 0.05) is 22.3 Å². The SMILES string of the molecule is CC(NC(=O)c1ccc(Cl)cc1N)[C@](O)(Cn1cncn1)c1ccc(F)cc1F. The highest BCUT2D eigenvalue weighted by Crippen LogP contribution is 2.30. The van der Waals surface area contributed by atoms with Crippen molar-refractivity contribution in [2.75, 3.05) is 5.73 Å². The van der Waals surface area contributed by atoms with Crippen molar-refractivity contribution in [3.8, 4) is 0 Å². The molecule has 0 fully saturated rings. The smallest absolute Gasteiger partial charge is 0.253 e. The summed E-state index contributed by atoms with van der Waals surface area (Å²) in [5.74, 6) is -2.34. The van der Waals surface area contributed by atoms with Crippen molar-refractivity contribution in [3.05, 3.63) is 76.8 Å². The Morgan fingerprint density at radius 3 is 2.72 bits per heavy atom. The van der Waals surface area contributed by atoms with Crippen LogP contribution in [0.5, 0.6) is 0 Å². The highest BCUT2D eigenvalue weighted by Gasteiger charge is 2.40. The molecule has 10 heteroatoms. The number of aliphatic hydroxyl groups is 1. The van der Waals surface area contributed by atoms with Crippen LogP contribution in [-0.2, 0) is 12.1 Å². The van der Waals surface area contributed by atoms with Crippen molar-refractivity contribution >= 4 is 23.2 Å². The summed E-state index contributed by atoms with van der Waals surface area (Å²) < 4.78 is 29.2. The summed E-state index contributed by atoms with van der Waals surface area (Å²) in [6.07, 6.45) is 2.58. The van der Waals surface area contributed by atoms with Crippen LogP contribution in [0.1, 0.15) is 22.8 Å². The van der Waals surface area contributed by atoms with Gasteiger partial charge in [0.15, 0.2) is 0 Å². The van der Waals surface area contributed by atoms with E-state index >= 15 is 0 Å². The second-order valence-electron chi connectivity index (χ2n) is 6.57. The summed E-state index contributed by atoms with van der Waals surface area (Å²) in [7, 11) is 0. The summed E-state index contributed by atoms with van der Waals surface area (Å²) in [4.78, 5) is 16.5. The third-order valence-electron chi connectivity index (χ3n) is 4.59. The molecule has 1 amide bonds. The van der Waals surface area contributed by atoms with Crippen LogP contribution in [0, 0.1) is 11.6 Å². The Kier molecular flexibility index (Phi) is 5.81. The van der Waals surface area contributed by atoms with Gasteiger partial charge in [-0.2, -0.15) is 5.10 Å². The summed E-state index contributed by atoms with van der Waals surface area (Å²) in [5.41, 5.74) is 3.96. The van der Waals surface area contributed by atoms with E-state index in [0.29, 0.717) is 11.1 Å². The lowest BCUT2D eigenvalue weighted by atomic mass is 9.86. The van der Waals surface area contributed by atoms with Crippen LogP contribution >= 0.6 is 11.6 Å². The van der Waals surface area contributed by atoms with Gasteiger partial charge in [0.2, 0.25) is 0 Å². The van der Waals surface area contributed by atoms with Gasteiger partial charge in [-0.3, -0.25) is 4.79 Å². The molecule has 0 saturated carbocycles. The van der Waals surface area contributed by atoms with Crippen molar-refractivity contribution in [1.82, 2.24) is 20.1 Å². The maximum absolute atomic E-state index is 14.5. The van der Waals surface area contributed by atoms with Gasteiger partial charge in [0.1, 0.15) is 29.9 Å². The minimum absolute atomic E-state index is 0.143. The molecule has 0 radical (unpaired) electrons. The number of nitrogen functional groups attached to an aromatic ring is 1. The number of nitrogens with zero attached hydrogens (tertiary/aromatic N) is 3. The van der Waals surface area contributed by atoms with E-state index in [2.05, 4.69) is 15.4 Å². The predicted molar refractivity (Wildman–Crippen MR) is 103 cm³/mol. The van der Waals surface area contributed by atoms with Gasteiger partial charge in [-0.25, -0.2) is 18.4 Å². The Balaban J connectivity index is 1.95. The third kappa shape index (κ3) is 4.36. The van der Waals surface area contributed by atoms with Crippen molar-refractivity contribution in [2.24, 2.45) is 0 Å². The number of hydrogen-bond donors (Lipinski definition) is 3. The molecule has 0 bridgehead atoms. The Morgan fingerprint density at radius 2 is 2.10 bits per heavy atom. The molecule has 152 valence electrons. The van der Waals surface area contributed by atoms with E-state index in [1.54, 1.807) is 0 Å². The molecular formula is C19H18ClF2N5O2. The largest absolute Gasteiger partial charge is 0.398 e. The maximum Gasteiger partial charge on any atom is 0.253 e. The highest BCUT2D eigenvalue weighted by atomic mass is 35.5. The zero-order chi connectivity index (χ0) is 21.2. The second-order valence-corrected chi connectivity index (χ2v) is 7.00. The molecule has 2 aromatic carbocycles. The molecular weight excluding hydrogens is 404 g/mol. The van der Waals surface area contributed by atoms with Crippen LogP contribution in [0.3, 0.4) is 0 Å². The molecule has 0 aliphatic rings. The summed E-state index contributed by atoms with van der Waals surface area (Å²) in [5, 5.41) is 18.3. The van der Waals surface area contributed by atoms with Crippen molar-refractivity contribution < 1.29 is 18.7 Å². The van der Waals surface area contributed by atoms with E-state index in [4.69, 9.17) is 17.3 Å². The van der Waals surface area contributed by atoms with Gasteiger partial charge in [-0.15, -0.1) is 0 Å². The topological polar surface area (TPSA) is 106 Å². The number of carbonyl (C=O) groups excluding carboxylic acids is 1. The molecule has 0 saturated heterocycles. The Morgan fingerprint density at radius 1 is 1.34 bits per heavy atom. The van der Waals surface area contributed by atoms with Crippen LogP contribution < -0.4 is 11.1 Å². The fourth-order valence-electron chi connectivity index (χ4n) is 2.99. The molecule has 1 unspecified atom stereocenters. The number of carbonyl (C=O) groups is 1. The van der Waals surface area contributed by atoms with Crippen LogP contribution in [0.2, 0.25) is 5.02 Å². The third-order valence-corrected chi connectivity index (χ3v) is 4.82. The molecule has 2 atom stereocenters. The average Bonchev–Trinajstić information content (AvgIpc) is 3.14. The minimum Gasteiger partial charge on any atom is -0.398 e. The highest BCUT2D eigenvalue weighted by molar-refractivity contribution is 6.31. The maximum atomic E-state index is 14.5. The van der Waals surface area contributed by atoms with Gasteiger partial charge in [-0.1, -0.05) is 17.7 Å². The van der Waals surface area contributed by atoms with Gasteiger partial charge >= 0.3 is 0 Å². The van der Waals surface area contributed by atoms with Crippen molar-refractivity contribution in [3.63, 3.8) is 0 Å². The fraction of sp³-hybridized carbons (Fsp3) is 0.211. The predicted octanol–water partition coefficient (Wildman–Crippen LogP) is 2.50. The zero-order valence-electron chi connectivity index (χ0n) is 15.3. The molecule has 0 spiro atoms. The van der Waals surface area contributed by atoms with E-state index in [1.165, 1.54) is 42.5 Å². The van der Waals surface area contributed by atoms with Gasteiger partial charge in [0.25, 0.3) is 5.91 Å². The Labute approximate surface area is 170 Å². The molecule has 3 rings (SSSR count).